The monoisotopic (exact) mass is 521 g/mol. The second kappa shape index (κ2) is 9.86. The number of aromatic hydroxyl groups is 1. The van der Waals surface area contributed by atoms with E-state index in [2.05, 4.69) is 31.8 Å². The summed E-state index contributed by atoms with van der Waals surface area (Å²) in [6, 6.07) is 10.4. The lowest BCUT2D eigenvalue weighted by Gasteiger charge is -2.03. The summed E-state index contributed by atoms with van der Waals surface area (Å²) in [4.78, 5) is 35.9. The van der Waals surface area contributed by atoms with Gasteiger partial charge in [-0.3, -0.25) is 14.4 Å². The lowest BCUT2D eigenvalue weighted by atomic mass is 10.1. The number of aliphatic carboxylic acids is 1. The van der Waals surface area contributed by atoms with E-state index < -0.39 is 24.3 Å². The van der Waals surface area contributed by atoms with Gasteiger partial charge in [-0.25, -0.2) is 5.43 Å². The zero-order valence-corrected chi connectivity index (χ0v) is 19.2. The highest BCUT2D eigenvalue weighted by molar-refractivity contribution is 9.10. The molecule has 2 heterocycles. The molecule has 0 bridgehead atoms. The van der Waals surface area contributed by atoms with Crippen LogP contribution in [0.2, 0.25) is 0 Å². The van der Waals surface area contributed by atoms with Crippen LogP contribution in [0.1, 0.15) is 31.8 Å². The number of hydrogen-bond donors (Lipinski definition) is 4. The summed E-state index contributed by atoms with van der Waals surface area (Å²) in [6.07, 6.45) is 0. The van der Waals surface area contributed by atoms with Crippen LogP contribution in [-0.2, 0) is 4.79 Å². The third-order valence-corrected chi connectivity index (χ3v) is 6.67. The van der Waals surface area contributed by atoms with Crippen molar-refractivity contribution in [3.63, 3.8) is 0 Å². The Bertz CT molecular complexity index is 1170. The van der Waals surface area contributed by atoms with Gasteiger partial charge in [-0.15, -0.1) is 22.7 Å². The van der Waals surface area contributed by atoms with Gasteiger partial charge in [-0.2, -0.15) is 5.10 Å². The van der Waals surface area contributed by atoms with Gasteiger partial charge in [0.15, 0.2) is 0 Å². The highest BCUT2D eigenvalue weighted by atomic mass is 79.9. The van der Waals surface area contributed by atoms with E-state index in [0.29, 0.717) is 16.2 Å². The molecular weight excluding hydrogens is 506 g/mol. The molecule has 0 fully saturated rings. The number of hydrazone groups is 1. The number of nitrogens with zero attached hydrogens (tertiary/aromatic N) is 1. The van der Waals surface area contributed by atoms with Gasteiger partial charge in [0.1, 0.15) is 12.3 Å². The van der Waals surface area contributed by atoms with Gasteiger partial charge in [0.05, 0.1) is 25.9 Å². The average Bonchev–Trinajstić information content (AvgIpc) is 3.38. The number of halogens is 1. The highest BCUT2D eigenvalue weighted by Gasteiger charge is 2.17. The SMILES string of the molecule is C/C(=N/NC(=O)c1ccc(C(=O)NCC(=O)O)s1)c1csc(-c2ccc(Br)cc2)c1O. The van der Waals surface area contributed by atoms with Crippen molar-refractivity contribution < 1.29 is 24.6 Å². The van der Waals surface area contributed by atoms with Crippen molar-refractivity contribution in [2.75, 3.05) is 6.54 Å². The quantitative estimate of drug-likeness (QED) is 0.276. The minimum absolute atomic E-state index is 0.0799. The van der Waals surface area contributed by atoms with Crippen molar-refractivity contribution in [1.29, 1.82) is 0 Å². The molecule has 4 N–H and O–H groups in total. The zero-order chi connectivity index (χ0) is 22.5. The molecule has 0 radical (unpaired) electrons. The molecular formula is C20H16BrN3O5S2. The number of amides is 2. The molecule has 31 heavy (non-hydrogen) atoms. The smallest absolute Gasteiger partial charge is 0.322 e. The standard InChI is InChI=1S/C20H16BrN3O5S2/c1-10(13-9-30-18(17(13)27)11-2-4-12(21)5-3-11)23-24-20(29)15-7-6-14(31-15)19(28)22-8-16(25)26/h2-7,9,27H,8H2,1H3,(H,22,28)(H,24,29)(H,25,26)/b23-10-. The Morgan fingerprint density at radius 2 is 1.71 bits per heavy atom. The van der Waals surface area contributed by atoms with E-state index in [4.69, 9.17) is 5.11 Å². The molecule has 2 aromatic heterocycles. The molecule has 0 spiro atoms. The van der Waals surface area contributed by atoms with Crippen LogP contribution in [0.3, 0.4) is 0 Å². The first kappa shape index (κ1) is 22.7. The molecule has 0 saturated carbocycles. The lowest BCUT2D eigenvalue weighted by Crippen LogP contribution is -2.28. The molecule has 3 rings (SSSR count). The molecule has 0 aliphatic carbocycles. The highest BCUT2D eigenvalue weighted by Crippen LogP contribution is 2.39. The molecule has 8 nitrogen and oxygen atoms in total. The first-order chi connectivity index (χ1) is 14.8. The second-order valence-electron chi connectivity index (χ2n) is 6.21. The van der Waals surface area contributed by atoms with Crippen LogP contribution in [0.25, 0.3) is 10.4 Å². The number of thiophene rings is 2. The van der Waals surface area contributed by atoms with Gasteiger partial charge in [0, 0.05) is 9.85 Å². The van der Waals surface area contributed by atoms with Crippen LogP contribution in [0.4, 0.5) is 0 Å². The van der Waals surface area contributed by atoms with E-state index in [1.54, 1.807) is 12.3 Å². The fourth-order valence-corrected chi connectivity index (χ4v) is 4.58. The summed E-state index contributed by atoms with van der Waals surface area (Å²) in [5.74, 6) is -2.18. The minimum Gasteiger partial charge on any atom is -0.506 e. The van der Waals surface area contributed by atoms with E-state index in [-0.39, 0.29) is 15.5 Å². The van der Waals surface area contributed by atoms with Crippen molar-refractivity contribution in [2.24, 2.45) is 5.10 Å². The van der Waals surface area contributed by atoms with Gasteiger partial charge in [-0.05, 0) is 36.8 Å². The third-order valence-electron chi connectivity index (χ3n) is 4.04. The van der Waals surface area contributed by atoms with E-state index >= 15 is 0 Å². The molecule has 0 aliphatic heterocycles. The largest absolute Gasteiger partial charge is 0.506 e. The number of carbonyl (C=O) groups is 3. The number of carboxylic acid groups (broad SMARTS) is 1. The van der Waals surface area contributed by atoms with Crippen LogP contribution in [0.15, 0.2) is 51.4 Å². The van der Waals surface area contributed by atoms with Crippen molar-refractivity contribution in [1.82, 2.24) is 10.7 Å². The maximum Gasteiger partial charge on any atom is 0.322 e. The van der Waals surface area contributed by atoms with Crippen molar-refractivity contribution in [3.05, 3.63) is 61.6 Å². The number of nitrogens with one attached hydrogen (secondary N) is 2. The fraction of sp³-hybridized carbons (Fsp3) is 0.100. The lowest BCUT2D eigenvalue weighted by molar-refractivity contribution is -0.135. The maximum absolute atomic E-state index is 12.3. The topological polar surface area (TPSA) is 128 Å². The number of carboxylic acids is 1. The molecule has 0 aliphatic rings. The Hall–Kier alpha value is -3.02. The Morgan fingerprint density at radius 1 is 1.06 bits per heavy atom. The van der Waals surface area contributed by atoms with Gasteiger partial charge < -0.3 is 15.5 Å². The first-order valence-corrected chi connectivity index (χ1v) is 11.3. The molecule has 0 saturated heterocycles. The fourth-order valence-electron chi connectivity index (χ4n) is 2.49. The van der Waals surface area contributed by atoms with E-state index in [1.807, 2.05) is 24.3 Å². The molecule has 0 atom stereocenters. The molecule has 3 aromatic rings. The summed E-state index contributed by atoms with van der Waals surface area (Å²) < 4.78 is 0.934. The van der Waals surface area contributed by atoms with Crippen molar-refractivity contribution in [3.8, 4) is 16.2 Å². The number of carbonyl (C=O) groups excluding carboxylic acids is 2. The van der Waals surface area contributed by atoms with E-state index in [1.165, 1.54) is 23.5 Å². The molecule has 0 unspecified atom stereocenters. The zero-order valence-electron chi connectivity index (χ0n) is 16.0. The first-order valence-electron chi connectivity index (χ1n) is 8.77. The number of hydrogen-bond acceptors (Lipinski definition) is 7. The van der Waals surface area contributed by atoms with Gasteiger partial charge >= 0.3 is 5.97 Å². The second-order valence-corrected chi connectivity index (χ2v) is 9.09. The average molecular weight is 522 g/mol. The Morgan fingerprint density at radius 3 is 2.35 bits per heavy atom. The Labute approximate surface area is 193 Å². The van der Waals surface area contributed by atoms with Gasteiger partial charge in [-0.1, -0.05) is 28.1 Å². The van der Waals surface area contributed by atoms with Gasteiger partial charge in [0.25, 0.3) is 11.8 Å². The van der Waals surface area contributed by atoms with Crippen LogP contribution < -0.4 is 10.7 Å². The molecule has 1 aromatic carbocycles. The summed E-state index contributed by atoms with van der Waals surface area (Å²) in [6.45, 7) is 1.15. The van der Waals surface area contributed by atoms with Crippen LogP contribution in [-0.4, -0.2) is 40.3 Å². The third kappa shape index (κ3) is 5.57. The Kier molecular flexibility index (Phi) is 7.21. The summed E-state index contributed by atoms with van der Waals surface area (Å²) in [5, 5.41) is 27.2. The molecule has 2 amide bonds. The molecule has 160 valence electrons. The number of rotatable bonds is 7. The van der Waals surface area contributed by atoms with Crippen LogP contribution in [0.5, 0.6) is 5.75 Å². The predicted octanol–water partition coefficient (Wildman–Crippen LogP) is 3.91. The summed E-state index contributed by atoms with van der Waals surface area (Å²) >= 11 is 5.66. The normalized spacial score (nSPS) is 11.2. The Balaban J connectivity index is 1.68. The summed E-state index contributed by atoms with van der Waals surface area (Å²) in [7, 11) is 0. The maximum atomic E-state index is 12.3. The molecule has 11 heteroatoms. The van der Waals surface area contributed by atoms with Crippen LogP contribution in [0, 0.1) is 0 Å². The number of benzene rings is 1. The van der Waals surface area contributed by atoms with Gasteiger partial charge in [0.2, 0.25) is 0 Å². The van der Waals surface area contributed by atoms with Crippen LogP contribution >= 0.6 is 38.6 Å². The van der Waals surface area contributed by atoms with E-state index in [0.717, 1.165) is 21.4 Å². The van der Waals surface area contributed by atoms with Crippen molar-refractivity contribution >= 4 is 62.1 Å². The summed E-state index contributed by atoms with van der Waals surface area (Å²) in [5.41, 5.74) is 4.19. The van der Waals surface area contributed by atoms with Crippen molar-refractivity contribution in [2.45, 2.75) is 6.92 Å². The van der Waals surface area contributed by atoms with E-state index in [9.17, 15) is 19.5 Å². The predicted molar refractivity (Wildman–Crippen MR) is 123 cm³/mol. The minimum atomic E-state index is -1.16.